The van der Waals surface area contributed by atoms with E-state index in [-0.39, 0.29) is 11.7 Å². The van der Waals surface area contributed by atoms with Crippen LogP contribution in [0.15, 0.2) is 24.3 Å². The lowest BCUT2D eigenvalue weighted by Gasteiger charge is -2.24. The molecule has 0 saturated carbocycles. The van der Waals surface area contributed by atoms with Crippen molar-refractivity contribution in [1.82, 2.24) is 10.2 Å². The van der Waals surface area contributed by atoms with Crippen LogP contribution in [0.3, 0.4) is 0 Å². The molecule has 132 valence electrons. The fraction of sp³-hybridized carbons (Fsp3) is 0.588. The van der Waals surface area contributed by atoms with Gasteiger partial charge < -0.3 is 15.0 Å². The van der Waals surface area contributed by atoms with Gasteiger partial charge in [-0.1, -0.05) is 12.1 Å². The molecule has 0 spiro atoms. The minimum absolute atomic E-state index is 0.111. The average Bonchev–Trinajstić information content (AvgIpc) is 2.84. The van der Waals surface area contributed by atoms with Crippen molar-refractivity contribution < 1.29 is 22.7 Å². The van der Waals surface area contributed by atoms with Gasteiger partial charge in [0.05, 0.1) is 0 Å². The average molecular weight is 342 g/mol. The molecule has 1 N–H and O–H groups in total. The van der Waals surface area contributed by atoms with Crippen LogP contribution < -0.4 is 10.1 Å². The first kappa shape index (κ1) is 17.1. The van der Waals surface area contributed by atoms with Gasteiger partial charge in [0.15, 0.2) is 0 Å². The van der Waals surface area contributed by atoms with Crippen molar-refractivity contribution in [2.24, 2.45) is 0 Å². The van der Waals surface area contributed by atoms with E-state index in [1.165, 1.54) is 18.6 Å². The van der Waals surface area contributed by atoms with Gasteiger partial charge in [0.2, 0.25) is 5.91 Å². The van der Waals surface area contributed by atoms with Crippen LogP contribution in [-0.2, 0) is 11.2 Å². The summed E-state index contributed by atoms with van der Waals surface area (Å²) in [6.07, 6.45) is -0.489. The maximum atomic E-state index is 12.4. The summed E-state index contributed by atoms with van der Waals surface area (Å²) >= 11 is 0. The minimum atomic E-state index is -4.68. The summed E-state index contributed by atoms with van der Waals surface area (Å²) in [5.74, 6) is -0.132. The van der Waals surface area contributed by atoms with Crippen molar-refractivity contribution in [3.8, 4) is 5.75 Å². The molecule has 0 aliphatic carbocycles. The lowest BCUT2D eigenvalue weighted by molar-refractivity contribution is -0.274. The Morgan fingerprint density at radius 3 is 2.58 bits per heavy atom. The number of aryl methyl sites for hydroxylation is 1. The van der Waals surface area contributed by atoms with Crippen molar-refractivity contribution in [2.75, 3.05) is 13.1 Å². The Labute approximate surface area is 139 Å². The molecule has 4 nitrogen and oxygen atoms in total. The summed E-state index contributed by atoms with van der Waals surface area (Å²) in [6.45, 7) is 1.54. The predicted octanol–water partition coefficient (Wildman–Crippen LogP) is 2.87. The zero-order valence-corrected chi connectivity index (χ0v) is 13.3. The van der Waals surface area contributed by atoms with Crippen LogP contribution in [0.5, 0.6) is 5.75 Å². The van der Waals surface area contributed by atoms with Gasteiger partial charge >= 0.3 is 6.36 Å². The number of hydrogen-bond donors (Lipinski definition) is 1. The van der Waals surface area contributed by atoms with Crippen molar-refractivity contribution in [1.29, 1.82) is 0 Å². The van der Waals surface area contributed by atoms with E-state index in [0.717, 1.165) is 31.5 Å². The summed E-state index contributed by atoms with van der Waals surface area (Å²) in [5.41, 5.74) is 0.826. The fourth-order valence-corrected chi connectivity index (χ4v) is 3.44. The van der Waals surface area contributed by atoms with E-state index in [2.05, 4.69) is 10.1 Å². The molecule has 2 bridgehead atoms. The highest BCUT2D eigenvalue weighted by Crippen LogP contribution is 2.24. The number of nitrogens with zero attached hydrogens (tertiary/aromatic N) is 1. The van der Waals surface area contributed by atoms with Crippen molar-refractivity contribution in [3.05, 3.63) is 29.8 Å². The lowest BCUT2D eigenvalue weighted by atomic mass is 10.1. The third-order valence-electron chi connectivity index (χ3n) is 4.66. The Balaban J connectivity index is 1.49. The smallest absolute Gasteiger partial charge is 0.406 e. The normalized spacial score (nSPS) is 23.9. The Morgan fingerprint density at radius 1 is 1.17 bits per heavy atom. The summed E-state index contributed by atoms with van der Waals surface area (Å²) in [7, 11) is 0. The molecule has 1 amide bonds. The molecular weight excluding hydrogens is 321 g/mol. The zero-order chi connectivity index (χ0) is 17.2. The molecule has 2 atom stereocenters. The number of carbonyl (C=O) groups excluding carboxylic acids is 1. The quantitative estimate of drug-likeness (QED) is 0.915. The minimum Gasteiger partial charge on any atom is -0.406 e. The second kappa shape index (κ2) is 7.01. The molecule has 0 aromatic heterocycles. The molecule has 0 radical (unpaired) electrons. The van der Waals surface area contributed by atoms with E-state index in [1.807, 2.05) is 4.90 Å². The van der Waals surface area contributed by atoms with Crippen LogP contribution in [0.25, 0.3) is 0 Å². The van der Waals surface area contributed by atoms with E-state index in [9.17, 15) is 18.0 Å². The number of amides is 1. The highest BCUT2D eigenvalue weighted by molar-refractivity contribution is 5.76. The number of likely N-dealkylation sites (tertiary alicyclic amines) is 1. The third-order valence-corrected chi connectivity index (χ3v) is 4.66. The number of rotatable bonds is 4. The molecule has 1 aromatic carbocycles. The Morgan fingerprint density at radius 2 is 1.88 bits per heavy atom. The zero-order valence-electron chi connectivity index (χ0n) is 13.3. The van der Waals surface area contributed by atoms with Crippen LogP contribution in [-0.4, -0.2) is 42.3 Å². The van der Waals surface area contributed by atoms with E-state index >= 15 is 0 Å². The van der Waals surface area contributed by atoms with Crippen LogP contribution in [0.4, 0.5) is 13.2 Å². The molecular formula is C17H21F3N2O2. The standard InChI is InChI=1S/C17H21F3N2O2/c18-17(19,20)24-15-6-1-12(2-7-15)3-8-16(23)22-10-9-13-4-5-14(11-22)21-13/h1-2,6-7,13-14,21H,3-5,8-11H2. The molecule has 3 rings (SSSR count). The molecule has 2 aliphatic rings. The summed E-state index contributed by atoms with van der Waals surface area (Å²) in [5, 5.41) is 3.54. The SMILES string of the molecule is O=C(CCc1ccc(OC(F)(F)F)cc1)N1CCC2CCC(C1)N2. The van der Waals surface area contributed by atoms with Crippen molar-refractivity contribution in [3.63, 3.8) is 0 Å². The maximum Gasteiger partial charge on any atom is 0.573 e. The van der Waals surface area contributed by atoms with Crippen LogP contribution in [0, 0.1) is 0 Å². The van der Waals surface area contributed by atoms with Gasteiger partial charge in [-0.15, -0.1) is 13.2 Å². The van der Waals surface area contributed by atoms with Gasteiger partial charge in [-0.2, -0.15) is 0 Å². The molecule has 1 aromatic rings. The molecule has 2 heterocycles. The first-order valence-corrected chi connectivity index (χ1v) is 8.27. The molecule has 2 aliphatic heterocycles. The van der Waals surface area contributed by atoms with E-state index in [1.54, 1.807) is 12.1 Å². The molecule has 2 saturated heterocycles. The topological polar surface area (TPSA) is 41.6 Å². The predicted molar refractivity (Wildman–Crippen MR) is 82.6 cm³/mol. The lowest BCUT2D eigenvalue weighted by Crippen LogP contribution is -2.39. The first-order valence-electron chi connectivity index (χ1n) is 8.27. The number of ether oxygens (including phenoxy) is 1. The summed E-state index contributed by atoms with van der Waals surface area (Å²) in [6, 6.07) is 6.64. The maximum absolute atomic E-state index is 12.4. The number of fused-ring (bicyclic) bond motifs is 2. The second-order valence-corrected chi connectivity index (χ2v) is 6.46. The third kappa shape index (κ3) is 4.63. The molecule has 2 unspecified atom stereocenters. The highest BCUT2D eigenvalue weighted by Gasteiger charge is 2.31. The summed E-state index contributed by atoms with van der Waals surface area (Å²) < 4.78 is 40.2. The van der Waals surface area contributed by atoms with E-state index in [0.29, 0.717) is 24.9 Å². The number of nitrogens with one attached hydrogen (secondary N) is 1. The van der Waals surface area contributed by atoms with Crippen LogP contribution >= 0.6 is 0 Å². The van der Waals surface area contributed by atoms with Crippen molar-refractivity contribution in [2.45, 2.75) is 50.6 Å². The van der Waals surface area contributed by atoms with Gasteiger partial charge in [-0.25, -0.2) is 0 Å². The van der Waals surface area contributed by atoms with Gasteiger partial charge in [-0.05, 0) is 43.4 Å². The number of halogens is 3. The van der Waals surface area contributed by atoms with Gasteiger partial charge in [0.25, 0.3) is 0 Å². The Hall–Kier alpha value is -1.76. The number of benzene rings is 1. The first-order chi connectivity index (χ1) is 11.4. The molecule has 2 fully saturated rings. The number of alkyl halides is 3. The fourth-order valence-electron chi connectivity index (χ4n) is 3.44. The van der Waals surface area contributed by atoms with Crippen LogP contribution in [0.2, 0.25) is 0 Å². The number of hydrogen-bond acceptors (Lipinski definition) is 3. The Bertz CT molecular complexity index is 574. The van der Waals surface area contributed by atoms with Gasteiger partial charge in [0.1, 0.15) is 5.75 Å². The van der Waals surface area contributed by atoms with Gasteiger partial charge in [-0.3, -0.25) is 4.79 Å². The summed E-state index contributed by atoms with van der Waals surface area (Å²) in [4.78, 5) is 14.3. The highest BCUT2D eigenvalue weighted by atomic mass is 19.4. The Kier molecular flexibility index (Phi) is 4.99. The second-order valence-electron chi connectivity index (χ2n) is 6.46. The number of carbonyl (C=O) groups is 1. The van der Waals surface area contributed by atoms with Gasteiger partial charge in [0, 0.05) is 31.6 Å². The molecule has 24 heavy (non-hydrogen) atoms. The van der Waals surface area contributed by atoms with E-state index < -0.39 is 6.36 Å². The molecule has 7 heteroatoms. The monoisotopic (exact) mass is 342 g/mol. The van der Waals surface area contributed by atoms with Crippen molar-refractivity contribution >= 4 is 5.91 Å². The largest absolute Gasteiger partial charge is 0.573 e. The van der Waals surface area contributed by atoms with Crippen LogP contribution in [0.1, 0.15) is 31.2 Å². The van der Waals surface area contributed by atoms with E-state index in [4.69, 9.17) is 0 Å².